The number of likely N-dealkylation sites (tertiary alicyclic amines) is 1. The number of aromatic amines is 1. The van der Waals surface area contributed by atoms with Crippen LogP contribution < -0.4 is 5.56 Å². The van der Waals surface area contributed by atoms with Gasteiger partial charge in [0.15, 0.2) is 0 Å². The van der Waals surface area contributed by atoms with E-state index in [1.165, 1.54) is 7.11 Å². The van der Waals surface area contributed by atoms with Gasteiger partial charge >= 0.3 is 5.97 Å². The molecule has 25 heavy (non-hydrogen) atoms. The lowest BCUT2D eigenvalue weighted by molar-refractivity contribution is -0.142. The first-order valence-electron chi connectivity index (χ1n) is 8.39. The standard InChI is InChI=1S/C18H21N3O4/c1-25-17(23)10-12-6-8-21(9-7-12)16(22)11-15-13-4-2-3-5-14(13)18(24)20-19-15/h2-5,12H,6-11H2,1H3,(H,20,24). The monoisotopic (exact) mass is 343 g/mol. The molecule has 0 atom stereocenters. The van der Waals surface area contributed by atoms with Gasteiger partial charge in [-0.2, -0.15) is 5.10 Å². The van der Waals surface area contributed by atoms with Gasteiger partial charge in [0.05, 0.1) is 24.6 Å². The number of methoxy groups -OCH3 is 1. The molecule has 132 valence electrons. The van der Waals surface area contributed by atoms with Crippen molar-refractivity contribution >= 4 is 22.6 Å². The van der Waals surface area contributed by atoms with E-state index in [0.717, 1.165) is 12.8 Å². The molecule has 0 aliphatic carbocycles. The van der Waals surface area contributed by atoms with Gasteiger partial charge in [-0.05, 0) is 24.8 Å². The van der Waals surface area contributed by atoms with Crippen molar-refractivity contribution in [2.75, 3.05) is 20.2 Å². The van der Waals surface area contributed by atoms with E-state index in [0.29, 0.717) is 36.0 Å². The first-order chi connectivity index (χ1) is 12.1. The fraction of sp³-hybridized carbons (Fsp3) is 0.444. The maximum absolute atomic E-state index is 12.6. The molecule has 2 aromatic rings. The maximum Gasteiger partial charge on any atom is 0.305 e. The average Bonchev–Trinajstić information content (AvgIpc) is 2.64. The van der Waals surface area contributed by atoms with Crippen LogP contribution in [-0.2, 0) is 20.7 Å². The first-order valence-corrected chi connectivity index (χ1v) is 8.39. The van der Waals surface area contributed by atoms with E-state index >= 15 is 0 Å². The molecule has 1 N–H and O–H groups in total. The number of carbonyl (C=O) groups excluding carboxylic acids is 2. The summed E-state index contributed by atoms with van der Waals surface area (Å²) in [5.74, 6) is 0.0541. The summed E-state index contributed by atoms with van der Waals surface area (Å²) in [5.41, 5.74) is 0.326. The first kappa shape index (κ1) is 17.1. The van der Waals surface area contributed by atoms with Crippen LogP contribution in [0.25, 0.3) is 10.8 Å². The number of fused-ring (bicyclic) bond motifs is 1. The van der Waals surface area contributed by atoms with Gasteiger partial charge < -0.3 is 9.64 Å². The Balaban J connectivity index is 1.65. The number of carbonyl (C=O) groups is 2. The van der Waals surface area contributed by atoms with E-state index in [-0.39, 0.29) is 29.8 Å². The Morgan fingerprint density at radius 1 is 1.24 bits per heavy atom. The van der Waals surface area contributed by atoms with E-state index in [1.807, 2.05) is 12.1 Å². The quantitative estimate of drug-likeness (QED) is 0.844. The molecule has 1 saturated heterocycles. The number of H-pyrrole nitrogens is 1. The number of nitrogens with zero attached hydrogens (tertiary/aromatic N) is 2. The molecule has 2 heterocycles. The Kier molecular flexibility index (Phi) is 5.11. The number of hydrogen-bond donors (Lipinski definition) is 1. The topological polar surface area (TPSA) is 92.4 Å². The molecule has 0 saturated carbocycles. The van der Waals surface area contributed by atoms with E-state index in [1.54, 1.807) is 17.0 Å². The lowest BCUT2D eigenvalue weighted by Crippen LogP contribution is -2.40. The zero-order valence-corrected chi connectivity index (χ0v) is 14.2. The van der Waals surface area contributed by atoms with Crippen LogP contribution in [0.2, 0.25) is 0 Å². The second-order valence-corrected chi connectivity index (χ2v) is 6.33. The van der Waals surface area contributed by atoms with Crippen LogP contribution in [0.3, 0.4) is 0 Å². The molecule has 1 aromatic heterocycles. The minimum atomic E-state index is -0.254. The number of hydrogen-bond acceptors (Lipinski definition) is 5. The van der Waals surface area contributed by atoms with Gasteiger partial charge in [-0.25, -0.2) is 5.10 Å². The average molecular weight is 343 g/mol. The summed E-state index contributed by atoms with van der Waals surface area (Å²) in [6.45, 7) is 1.25. The highest BCUT2D eigenvalue weighted by Crippen LogP contribution is 2.22. The number of amides is 1. The highest BCUT2D eigenvalue weighted by Gasteiger charge is 2.25. The highest BCUT2D eigenvalue weighted by molar-refractivity contribution is 5.88. The smallest absolute Gasteiger partial charge is 0.305 e. The van der Waals surface area contributed by atoms with E-state index in [9.17, 15) is 14.4 Å². The molecule has 7 nitrogen and oxygen atoms in total. The summed E-state index contributed by atoms with van der Waals surface area (Å²) in [6, 6.07) is 7.15. The molecule has 0 bridgehead atoms. The molecule has 1 aliphatic heterocycles. The molecule has 1 aromatic carbocycles. The Bertz CT molecular complexity index is 838. The van der Waals surface area contributed by atoms with Gasteiger partial charge in [0, 0.05) is 24.9 Å². The fourth-order valence-electron chi connectivity index (χ4n) is 3.27. The number of ether oxygens (including phenoxy) is 1. The third-order valence-electron chi connectivity index (χ3n) is 4.74. The van der Waals surface area contributed by atoms with Gasteiger partial charge in [-0.15, -0.1) is 0 Å². The number of nitrogens with one attached hydrogen (secondary N) is 1. The van der Waals surface area contributed by atoms with Crippen molar-refractivity contribution in [3.63, 3.8) is 0 Å². The Morgan fingerprint density at radius 3 is 2.60 bits per heavy atom. The van der Waals surface area contributed by atoms with Crippen molar-refractivity contribution in [3.8, 4) is 0 Å². The molecular formula is C18H21N3O4. The summed E-state index contributed by atoms with van der Waals surface area (Å²) < 4.78 is 4.70. The van der Waals surface area contributed by atoms with Gasteiger partial charge in [-0.1, -0.05) is 18.2 Å². The zero-order chi connectivity index (χ0) is 17.8. The summed E-state index contributed by atoms with van der Waals surface area (Å²) in [4.78, 5) is 37.5. The molecule has 1 amide bonds. The summed E-state index contributed by atoms with van der Waals surface area (Å²) in [6.07, 6.45) is 2.14. The van der Waals surface area contributed by atoms with Gasteiger partial charge in [0.2, 0.25) is 5.91 Å². The number of rotatable bonds is 4. The predicted molar refractivity (Wildman–Crippen MR) is 92.0 cm³/mol. The molecular weight excluding hydrogens is 322 g/mol. The third-order valence-corrected chi connectivity index (χ3v) is 4.74. The molecule has 0 radical (unpaired) electrons. The number of benzene rings is 1. The molecule has 7 heteroatoms. The molecule has 3 rings (SSSR count). The van der Waals surface area contributed by atoms with Gasteiger partial charge in [0.25, 0.3) is 5.56 Å². The van der Waals surface area contributed by atoms with E-state index in [2.05, 4.69) is 10.2 Å². The molecule has 1 fully saturated rings. The maximum atomic E-state index is 12.6. The van der Waals surface area contributed by atoms with Crippen molar-refractivity contribution in [3.05, 3.63) is 40.3 Å². The Morgan fingerprint density at radius 2 is 1.92 bits per heavy atom. The van der Waals surface area contributed by atoms with Crippen LogP contribution in [0.5, 0.6) is 0 Å². The third kappa shape index (κ3) is 3.87. The minimum Gasteiger partial charge on any atom is -0.469 e. The van der Waals surface area contributed by atoms with Crippen molar-refractivity contribution in [1.29, 1.82) is 0 Å². The van der Waals surface area contributed by atoms with Gasteiger partial charge in [-0.3, -0.25) is 14.4 Å². The Labute approximate surface area is 145 Å². The van der Waals surface area contributed by atoms with Crippen LogP contribution in [-0.4, -0.2) is 47.2 Å². The Hall–Kier alpha value is -2.70. The fourth-order valence-corrected chi connectivity index (χ4v) is 3.27. The van der Waals surface area contributed by atoms with Crippen LogP contribution >= 0.6 is 0 Å². The predicted octanol–water partition coefficient (Wildman–Crippen LogP) is 1.27. The number of aromatic nitrogens is 2. The second kappa shape index (κ2) is 7.46. The van der Waals surface area contributed by atoms with Crippen LogP contribution in [0.1, 0.15) is 25.0 Å². The normalized spacial score (nSPS) is 15.3. The van der Waals surface area contributed by atoms with Crippen molar-refractivity contribution in [2.45, 2.75) is 25.7 Å². The van der Waals surface area contributed by atoms with Crippen molar-refractivity contribution in [2.24, 2.45) is 5.92 Å². The van der Waals surface area contributed by atoms with Crippen molar-refractivity contribution < 1.29 is 14.3 Å². The summed E-state index contributed by atoms with van der Waals surface area (Å²) in [5, 5.41) is 7.77. The van der Waals surface area contributed by atoms with Gasteiger partial charge in [0.1, 0.15) is 0 Å². The van der Waals surface area contributed by atoms with E-state index < -0.39 is 0 Å². The molecule has 0 unspecified atom stereocenters. The highest BCUT2D eigenvalue weighted by atomic mass is 16.5. The largest absolute Gasteiger partial charge is 0.469 e. The zero-order valence-electron chi connectivity index (χ0n) is 14.2. The second-order valence-electron chi connectivity index (χ2n) is 6.33. The number of piperidine rings is 1. The SMILES string of the molecule is COC(=O)CC1CCN(C(=O)Cc2n[nH]c(=O)c3ccccc23)CC1. The van der Waals surface area contributed by atoms with Crippen LogP contribution in [0.15, 0.2) is 29.1 Å². The summed E-state index contributed by atoms with van der Waals surface area (Å²) >= 11 is 0. The minimum absolute atomic E-state index is 0.0128. The summed E-state index contributed by atoms with van der Waals surface area (Å²) in [7, 11) is 1.39. The van der Waals surface area contributed by atoms with Crippen LogP contribution in [0.4, 0.5) is 0 Å². The molecule has 0 spiro atoms. The lowest BCUT2D eigenvalue weighted by atomic mass is 9.93. The number of esters is 1. The van der Waals surface area contributed by atoms with E-state index in [4.69, 9.17) is 4.74 Å². The van der Waals surface area contributed by atoms with Crippen molar-refractivity contribution in [1.82, 2.24) is 15.1 Å². The lowest BCUT2D eigenvalue weighted by Gasteiger charge is -2.31. The molecule has 1 aliphatic rings. The van der Waals surface area contributed by atoms with Crippen LogP contribution in [0, 0.1) is 5.92 Å².